The SMILES string of the molecule is COc1ccccc1NC(=O)c1ccc2c(=O)n3c(nc2c1)CCCC3. The van der Waals surface area contributed by atoms with Crippen LogP contribution in [-0.2, 0) is 13.0 Å². The Bertz CT molecular complexity index is 1060. The van der Waals surface area contributed by atoms with Crippen molar-refractivity contribution >= 4 is 22.5 Å². The number of ether oxygens (including phenoxy) is 1. The number of rotatable bonds is 3. The number of methoxy groups -OCH3 is 1. The molecule has 0 radical (unpaired) electrons. The summed E-state index contributed by atoms with van der Waals surface area (Å²) in [6.07, 6.45) is 2.83. The van der Waals surface area contributed by atoms with E-state index in [1.54, 1.807) is 42.0 Å². The fourth-order valence-electron chi connectivity index (χ4n) is 3.33. The predicted molar refractivity (Wildman–Crippen MR) is 99.9 cm³/mol. The summed E-state index contributed by atoms with van der Waals surface area (Å²) in [5.74, 6) is 1.12. The number of amides is 1. The molecule has 0 unspecified atom stereocenters. The number of hydrogen-bond donors (Lipinski definition) is 1. The van der Waals surface area contributed by atoms with E-state index in [0.29, 0.717) is 34.4 Å². The molecule has 1 amide bonds. The van der Waals surface area contributed by atoms with Gasteiger partial charge >= 0.3 is 0 Å². The lowest BCUT2D eigenvalue weighted by molar-refractivity contribution is 0.102. The van der Waals surface area contributed by atoms with Crippen LogP contribution in [0.2, 0.25) is 0 Å². The summed E-state index contributed by atoms with van der Waals surface area (Å²) in [5.41, 5.74) is 1.59. The zero-order valence-corrected chi connectivity index (χ0v) is 14.5. The highest BCUT2D eigenvalue weighted by Crippen LogP contribution is 2.24. The third kappa shape index (κ3) is 2.83. The molecule has 1 aromatic heterocycles. The highest BCUT2D eigenvalue weighted by Gasteiger charge is 2.16. The first kappa shape index (κ1) is 16.3. The van der Waals surface area contributed by atoms with Gasteiger partial charge in [0.2, 0.25) is 0 Å². The first-order chi connectivity index (χ1) is 12.7. The van der Waals surface area contributed by atoms with Crippen molar-refractivity contribution in [3.05, 3.63) is 64.2 Å². The molecule has 4 rings (SSSR count). The Morgan fingerprint density at radius 3 is 2.88 bits per heavy atom. The van der Waals surface area contributed by atoms with Crippen molar-refractivity contribution in [3.63, 3.8) is 0 Å². The second kappa shape index (κ2) is 6.63. The van der Waals surface area contributed by atoms with Gasteiger partial charge in [-0.05, 0) is 43.2 Å². The summed E-state index contributed by atoms with van der Waals surface area (Å²) in [7, 11) is 1.56. The summed E-state index contributed by atoms with van der Waals surface area (Å²) >= 11 is 0. The first-order valence-electron chi connectivity index (χ1n) is 8.65. The van der Waals surface area contributed by atoms with E-state index in [2.05, 4.69) is 10.3 Å². The number of para-hydroxylation sites is 2. The van der Waals surface area contributed by atoms with Gasteiger partial charge in [0.25, 0.3) is 11.5 Å². The Hall–Kier alpha value is -3.15. The van der Waals surface area contributed by atoms with Gasteiger partial charge in [0.05, 0.1) is 23.7 Å². The number of nitrogens with one attached hydrogen (secondary N) is 1. The van der Waals surface area contributed by atoms with Crippen molar-refractivity contribution in [3.8, 4) is 5.75 Å². The van der Waals surface area contributed by atoms with E-state index in [1.807, 2.05) is 12.1 Å². The molecule has 3 aromatic rings. The number of fused-ring (bicyclic) bond motifs is 2. The van der Waals surface area contributed by atoms with Crippen LogP contribution < -0.4 is 15.6 Å². The van der Waals surface area contributed by atoms with Gasteiger partial charge in [0.15, 0.2) is 0 Å². The number of carbonyl (C=O) groups excluding carboxylic acids is 1. The van der Waals surface area contributed by atoms with Crippen molar-refractivity contribution in [1.82, 2.24) is 9.55 Å². The van der Waals surface area contributed by atoms with Crippen molar-refractivity contribution in [2.45, 2.75) is 25.8 Å². The normalized spacial score (nSPS) is 13.3. The third-order valence-corrected chi connectivity index (χ3v) is 4.68. The quantitative estimate of drug-likeness (QED) is 0.789. The number of anilines is 1. The molecule has 0 saturated heterocycles. The minimum absolute atomic E-state index is 0.0265. The van der Waals surface area contributed by atoms with Crippen LogP contribution in [0, 0.1) is 0 Å². The molecular weight excluding hydrogens is 330 g/mol. The summed E-state index contributed by atoms with van der Waals surface area (Å²) in [6.45, 7) is 0.715. The molecule has 0 fully saturated rings. The molecule has 6 heteroatoms. The van der Waals surface area contributed by atoms with Gasteiger partial charge in [-0.1, -0.05) is 12.1 Å². The maximum atomic E-state index is 12.6. The molecule has 2 aromatic carbocycles. The molecule has 1 N–H and O–H groups in total. The number of carbonyl (C=O) groups is 1. The molecular formula is C20H19N3O3. The zero-order chi connectivity index (χ0) is 18.1. The topological polar surface area (TPSA) is 73.2 Å². The lowest BCUT2D eigenvalue weighted by Gasteiger charge is -2.18. The second-order valence-corrected chi connectivity index (χ2v) is 6.33. The van der Waals surface area contributed by atoms with Crippen LogP contribution in [-0.4, -0.2) is 22.6 Å². The molecule has 132 valence electrons. The summed E-state index contributed by atoms with van der Waals surface area (Å²) in [5, 5.41) is 3.39. The highest BCUT2D eigenvalue weighted by molar-refractivity contribution is 6.06. The van der Waals surface area contributed by atoms with E-state index in [9.17, 15) is 9.59 Å². The largest absolute Gasteiger partial charge is 0.495 e. The Labute approximate surface area is 150 Å². The smallest absolute Gasteiger partial charge is 0.261 e. The Morgan fingerprint density at radius 2 is 2.04 bits per heavy atom. The summed E-state index contributed by atoms with van der Waals surface area (Å²) in [4.78, 5) is 29.9. The van der Waals surface area contributed by atoms with E-state index < -0.39 is 0 Å². The van der Waals surface area contributed by atoms with Gasteiger partial charge in [0.1, 0.15) is 11.6 Å². The molecule has 6 nitrogen and oxygen atoms in total. The molecule has 26 heavy (non-hydrogen) atoms. The minimum atomic E-state index is -0.268. The van der Waals surface area contributed by atoms with Gasteiger partial charge in [-0.2, -0.15) is 0 Å². The lowest BCUT2D eigenvalue weighted by atomic mass is 10.1. The third-order valence-electron chi connectivity index (χ3n) is 4.68. The van der Waals surface area contributed by atoms with Crippen LogP contribution in [0.25, 0.3) is 10.9 Å². The fraction of sp³-hybridized carbons (Fsp3) is 0.250. The van der Waals surface area contributed by atoms with Crippen LogP contribution in [0.5, 0.6) is 5.75 Å². The standard InChI is InChI=1S/C20H19N3O3/c1-26-17-7-3-2-6-15(17)22-19(24)13-9-10-14-16(12-13)21-18-8-4-5-11-23(18)20(14)25/h2-3,6-7,9-10,12H,4-5,8,11H2,1H3,(H,22,24). The molecule has 0 atom stereocenters. The molecule has 0 spiro atoms. The number of aromatic nitrogens is 2. The molecule has 0 aliphatic carbocycles. The van der Waals surface area contributed by atoms with Crippen LogP contribution in [0.3, 0.4) is 0 Å². The van der Waals surface area contributed by atoms with E-state index >= 15 is 0 Å². The highest BCUT2D eigenvalue weighted by atomic mass is 16.5. The first-order valence-corrected chi connectivity index (χ1v) is 8.65. The van der Waals surface area contributed by atoms with Gasteiger partial charge in [-0.15, -0.1) is 0 Å². The van der Waals surface area contributed by atoms with E-state index in [0.717, 1.165) is 25.1 Å². The van der Waals surface area contributed by atoms with Crippen molar-refractivity contribution in [1.29, 1.82) is 0 Å². The molecule has 1 aliphatic rings. The van der Waals surface area contributed by atoms with Crippen LogP contribution >= 0.6 is 0 Å². The Morgan fingerprint density at radius 1 is 1.19 bits per heavy atom. The molecule has 0 saturated carbocycles. The summed E-state index contributed by atoms with van der Waals surface area (Å²) in [6, 6.07) is 12.2. The van der Waals surface area contributed by atoms with E-state index in [1.165, 1.54) is 0 Å². The average molecular weight is 349 g/mol. The average Bonchev–Trinajstić information content (AvgIpc) is 2.68. The van der Waals surface area contributed by atoms with Crippen LogP contribution in [0.1, 0.15) is 29.0 Å². The van der Waals surface area contributed by atoms with Gasteiger partial charge in [-0.25, -0.2) is 4.98 Å². The van der Waals surface area contributed by atoms with Gasteiger partial charge < -0.3 is 10.1 Å². The number of nitrogens with zero attached hydrogens (tertiary/aromatic N) is 2. The summed E-state index contributed by atoms with van der Waals surface area (Å²) < 4.78 is 7.01. The van der Waals surface area contributed by atoms with E-state index in [4.69, 9.17) is 4.74 Å². The number of benzene rings is 2. The van der Waals surface area contributed by atoms with E-state index in [-0.39, 0.29) is 11.5 Å². The van der Waals surface area contributed by atoms with Crippen LogP contribution in [0.4, 0.5) is 5.69 Å². The molecule has 2 heterocycles. The molecule has 0 bridgehead atoms. The monoisotopic (exact) mass is 349 g/mol. The van der Waals surface area contributed by atoms with Gasteiger partial charge in [-0.3, -0.25) is 14.2 Å². The Balaban J connectivity index is 1.71. The Kier molecular flexibility index (Phi) is 4.16. The number of aryl methyl sites for hydroxylation is 1. The van der Waals surface area contributed by atoms with Crippen molar-refractivity contribution in [2.24, 2.45) is 0 Å². The maximum Gasteiger partial charge on any atom is 0.261 e. The predicted octanol–water partition coefficient (Wildman–Crippen LogP) is 2.99. The molecule has 1 aliphatic heterocycles. The fourth-order valence-corrected chi connectivity index (χ4v) is 3.33. The minimum Gasteiger partial charge on any atom is -0.495 e. The zero-order valence-electron chi connectivity index (χ0n) is 14.5. The lowest BCUT2D eigenvalue weighted by Crippen LogP contribution is -2.28. The van der Waals surface area contributed by atoms with Crippen LogP contribution in [0.15, 0.2) is 47.3 Å². The van der Waals surface area contributed by atoms with Gasteiger partial charge in [0, 0.05) is 18.5 Å². The van der Waals surface area contributed by atoms with Crippen molar-refractivity contribution < 1.29 is 9.53 Å². The van der Waals surface area contributed by atoms with Crippen molar-refractivity contribution in [2.75, 3.05) is 12.4 Å². The maximum absolute atomic E-state index is 12.6. The number of hydrogen-bond acceptors (Lipinski definition) is 4. The second-order valence-electron chi connectivity index (χ2n) is 6.33.